The number of likely N-dealkylation sites (tertiary alicyclic amines) is 2. The molecule has 1 aromatic carbocycles. The van der Waals surface area contributed by atoms with Gasteiger partial charge in [-0.25, -0.2) is 9.59 Å². The Morgan fingerprint density at radius 3 is 2.20 bits per heavy atom. The summed E-state index contributed by atoms with van der Waals surface area (Å²) >= 11 is 0. The van der Waals surface area contributed by atoms with Gasteiger partial charge in [-0.2, -0.15) is 0 Å². The number of carboxylic acid groups (broad SMARTS) is 1. The van der Waals surface area contributed by atoms with Gasteiger partial charge in [-0.1, -0.05) is 77.8 Å². The molecule has 17 heteroatoms. The van der Waals surface area contributed by atoms with Crippen molar-refractivity contribution in [1.82, 2.24) is 30.7 Å². The fourth-order valence-corrected chi connectivity index (χ4v) is 12.7. The van der Waals surface area contributed by atoms with E-state index in [0.29, 0.717) is 69.6 Å². The number of ether oxygens (including phenoxy) is 3. The zero-order valence-corrected chi connectivity index (χ0v) is 45.4. The molecule has 14 atom stereocenters. The SMILES string of the molecule is CC[C@H](C)[C@@H]([C@@H](CC(=O)N1CCC[C@H]1[C@H](OC)[C@@H](C)C(=O)N[C@@H](Cc1ccccc1)C(=O)O)OC)N(C)C(=O)[C@@H](NC(=O)[C@@H]1[C@H]2CC[C@H](C2)N1C(=O)CCCCCNC(=O)OC[C@@H]1[C@@H]2CCC#CCC[C@@H]21)C(C)C. The van der Waals surface area contributed by atoms with Gasteiger partial charge in [0.2, 0.25) is 29.5 Å². The lowest BCUT2D eigenvalue weighted by molar-refractivity contribution is -0.149. The monoisotopic (exact) mass is 1030 g/mol. The highest BCUT2D eigenvalue weighted by atomic mass is 16.5. The average Bonchev–Trinajstić information content (AvgIpc) is 3.81. The van der Waals surface area contributed by atoms with Gasteiger partial charge in [-0.05, 0) is 98.9 Å². The third-order valence-electron chi connectivity index (χ3n) is 17.1. The normalized spacial score (nSPS) is 25.6. The minimum atomic E-state index is -1.15. The first kappa shape index (κ1) is 58.1. The standard InChI is InChI=1S/C57H86N6O11/c1-9-36(4)50(46(72-7)33-48(65)62-30-20-25-45(62)52(73-8)37(5)53(66)59-44(56(69)70)31-38-21-14-12-15-22-38)61(6)55(68)49(35(2)3)60-54(67)51-39-27-28-40(32-39)63(51)47(64)26-18-13-19-29-58-57(71)74-34-43-41-23-16-10-11-17-24-42(41)43/h12,14-15,21-22,35-37,39-46,49-52H,9,13,16-20,23-34H2,1-8H3,(H,58,71)(H,59,66)(H,60,67)(H,69,70)/t36-,37+,39-,40+,41-,42+,43-,44-,45-,46+,49-,50-,51-,52+/m0/s1. The van der Waals surface area contributed by atoms with Crippen LogP contribution in [0.1, 0.15) is 136 Å². The van der Waals surface area contributed by atoms with Gasteiger partial charge in [0.25, 0.3) is 0 Å². The van der Waals surface area contributed by atoms with E-state index in [1.165, 1.54) is 14.2 Å². The number of nitrogens with one attached hydrogen (secondary N) is 3. The van der Waals surface area contributed by atoms with Crippen molar-refractivity contribution >= 4 is 41.6 Å². The van der Waals surface area contributed by atoms with Crippen molar-refractivity contribution in [1.29, 1.82) is 0 Å². The molecule has 0 aromatic heterocycles. The van der Waals surface area contributed by atoms with Crippen LogP contribution < -0.4 is 16.0 Å². The molecule has 410 valence electrons. The number of alkyl carbamates (subject to hydrolysis) is 1. The van der Waals surface area contributed by atoms with Crippen molar-refractivity contribution in [3.05, 3.63) is 35.9 Å². The van der Waals surface area contributed by atoms with E-state index in [4.69, 9.17) is 14.2 Å². The smallest absolute Gasteiger partial charge is 0.407 e. The summed E-state index contributed by atoms with van der Waals surface area (Å²) in [6.45, 7) is 10.8. The van der Waals surface area contributed by atoms with Crippen molar-refractivity contribution in [2.75, 3.05) is 41.0 Å². The third-order valence-corrected chi connectivity index (χ3v) is 17.1. The van der Waals surface area contributed by atoms with E-state index in [1.54, 1.807) is 28.7 Å². The summed E-state index contributed by atoms with van der Waals surface area (Å²) in [5, 5.41) is 18.6. The number of hydrogen-bond donors (Lipinski definition) is 4. The first-order valence-electron chi connectivity index (χ1n) is 27.7. The van der Waals surface area contributed by atoms with Crippen molar-refractivity contribution in [3.8, 4) is 11.8 Å². The molecule has 74 heavy (non-hydrogen) atoms. The number of fused-ring (bicyclic) bond motifs is 3. The van der Waals surface area contributed by atoms with Crippen LogP contribution in [-0.4, -0.2) is 151 Å². The van der Waals surface area contributed by atoms with Crippen LogP contribution in [0.4, 0.5) is 4.79 Å². The summed E-state index contributed by atoms with van der Waals surface area (Å²) < 4.78 is 17.6. The Labute approximate surface area is 439 Å². The van der Waals surface area contributed by atoms with Gasteiger partial charge >= 0.3 is 12.1 Å². The second kappa shape index (κ2) is 27.5. The summed E-state index contributed by atoms with van der Waals surface area (Å²) in [7, 11) is 4.72. The number of nitrogens with zero attached hydrogens (tertiary/aromatic N) is 3. The fourth-order valence-electron chi connectivity index (χ4n) is 12.7. The van der Waals surface area contributed by atoms with E-state index in [9.17, 15) is 38.7 Å². The number of aliphatic carboxylic acids is 1. The topological polar surface area (TPSA) is 213 Å². The number of carbonyl (C=O) groups excluding carboxylic acids is 6. The molecule has 0 spiro atoms. The Balaban J connectivity index is 1.01. The summed E-state index contributed by atoms with van der Waals surface area (Å²) in [6, 6.07) is 5.30. The molecule has 2 saturated carbocycles. The van der Waals surface area contributed by atoms with Gasteiger partial charge in [-0.3, -0.25) is 24.0 Å². The first-order chi connectivity index (χ1) is 35.5. The zero-order chi connectivity index (χ0) is 53.6. The van der Waals surface area contributed by atoms with E-state index >= 15 is 0 Å². The molecule has 2 heterocycles. The molecule has 2 saturated heterocycles. The maximum Gasteiger partial charge on any atom is 0.407 e. The fraction of sp³-hybridized carbons (Fsp3) is 0.737. The lowest BCUT2D eigenvalue weighted by Gasteiger charge is -2.41. The van der Waals surface area contributed by atoms with Crippen LogP contribution in [0, 0.1) is 53.3 Å². The van der Waals surface area contributed by atoms with E-state index < -0.39 is 66.3 Å². The van der Waals surface area contributed by atoms with Crippen molar-refractivity contribution < 1.29 is 52.9 Å². The number of carboxylic acids is 1. The number of benzene rings is 1. The largest absolute Gasteiger partial charge is 0.480 e. The van der Waals surface area contributed by atoms with Crippen molar-refractivity contribution in [2.24, 2.45) is 41.4 Å². The molecule has 2 aliphatic heterocycles. The second-order valence-electron chi connectivity index (χ2n) is 22.1. The molecule has 17 nitrogen and oxygen atoms in total. The molecule has 6 rings (SSSR count). The molecule has 1 aromatic rings. The van der Waals surface area contributed by atoms with Gasteiger partial charge in [0, 0.05) is 66.1 Å². The van der Waals surface area contributed by atoms with Gasteiger partial charge in [-0.15, -0.1) is 11.8 Å². The average molecular weight is 1030 g/mol. The lowest BCUT2D eigenvalue weighted by atomic mass is 9.89. The van der Waals surface area contributed by atoms with E-state index in [-0.39, 0.29) is 66.7 Å². The Hall–Kier alpha value is -5.21. The maximum absolute atomic E-state index is 14.7. The molecule has 0 unspecified atom stereocenters. The second-order valence-corrected chi connectivity index (χ2v) is 22.1. The minimum Gasteiger partial charge on any atom is -0.480 e. The van der Waals surface area contributed by atoms with Crippen LogP contribution in [0.5, 0.6) is 0 Å². The van der Waals surface area contributed by atoms with Crippen molar-refractivity contribution in [3.63, 3.8) is 0 Å². The van der Waals surface area contributed by atoms with Gasteiger partial charge in [0.1, 0.15) is 18.1 Å². The highest BCUT2D eigenvalue weighted by molar-refractivity contribution is 5.93. The third kappa shape index (κ3) is 14.6. The summed E-state index contributed by atoms with van der Waals surface area (Å²) in [4.78, 5) is 101. The molecule has 4 fully saturated rings. The number of hydrogen-bond acceptors (Lipinski definition) is 10. The molecular formula is C57H86N6O11. The van der Waals surface area contributed by atoms with Crippen LogP contribution in [0.2, 0.25) is 0 Å². The number of likely N-dealkylation sites (N-methyl/N-ethyl adjacent to an activating group) is 1. The summed E-state index contributed by atoms with van der Waals surface area (Å²) in [6.07, 6.45) is 8.90. The van der Waals surface area contributed by atoms with Crippen LogP contribution in [0.15, 0.2) is 30.3 Å². The Morgan fingerprint density at radius 2 is 1.57 bits per heavy atom. The van der Waals surface area contributed by atoms with Crippen LogP contribution >= 0.6 is 0 Å². The Kier molecular flexibility index (Phi) is 21.6. The number of amides is 6. The Morgan fingerprint density at radius 1 is 0.865 bits per heavy atom. The number of rotatable bonds is 27. The van der Waals surface area contributed by atoms with Gasteiger partial charge in [0.15, 0.2) is 0 Å². The predicted molar refractivity (Wildman–Crippen MR) is 279 cm³/mol. The van der Waals surface area contributed by atoms with E-state index in [0.717, 1.165) is 56.9 Å². The maximum atomic E-state index is 14.7. The van der Waals surface area contributed by atoms with E-state index in [1.807, 2.05) is 58.0 Å². The van der Waals surface area contributed by atoms with E-state index in [2.05, 4.69) is 27.8 Å². The molecule has 5 aliphatic rings. The van der Waals surface area contributed by atoms with Crippen LogP contribution in [0.25, 0.3) is 0 Å². The predicted octanol–water partition coefficient (Wildman–Crippen LogP) is 5.97. The summed E-state index contributed by atoms with van der Waals surface area (Å²) in [5.74, 6) is 4.31. The summed E-state index contributed by atoms with van der Waals surface area (Å²) in [5.41, 5.74) is 0.771. The molecular weight excluding hydrogens is 945 g/mol. The van der Waals surface area contributed by atoms with Crippen LogP contribution in [0.3, 0.4) is 0 Å². The molecule has 4 N–H and O–H groups in total. The zero-order valence-electron chi connectivity index (χ0n) is 45.4. The van der Waals surface area contributed by atoms with Crippen molar-refractivity contribution in [2.45, 2.75) is 186 Å². The number of piperidine rings is 1. The molecule has 0 radical (unpaired) electrons. The number of unbranched alkanes of at least 4 members (excludes halogenated alkanes) is 2. The highest BCUT2D eigenvalue weighted by Crippen LogP contribution is 2.52. The first-order valence-corrected chi connectivity index (χ1v) is 27.7. The minimum absolute atomic E-state index is 0.00384. The quantitative estimate of drug-likeness (QED) is 0.0596. The van der Waals surface area contributed by atoms with Gasteiger partial charge < -0.3 is 50.0 Å². The van der Waals surface area contributed by atoms with Crippen LogP contribution in [-0.2, 0) is 49.4 Å². The lowest BCUT2D eigenvalue weighted by Crippen LogP contribution is -2.60. The van der Waals surface area contributed by atoms with Gasteiger partial charge in [0.05, 0.1) is 43.2 Å². The molecule has 3 aliphatic carbocycles. The highest BCUT2D eigenvalue weighted by Gasteiger charge is 2.52. The number of carbonyl (C=O) groups is 7. The molecule has 6 amide bonds. The molecule has 2 bridgehead atoms. The Bertz CT molecular complexity index is 2130. The number of methoxy groups -OCH3 is 2.